The lowest BCUT2D eigenvalue weighted by Gasteiger charge is -2.28. The number of unbranched alkanes of at least 4 members (excludes halogenated alkanes) is 28. The van der Waals surface area contributed by atoms with Crippen LogP contribution in [0.15, 0.2) is 97.2 Å². The molecule has 10 heteroatoms. The predicted molar refractivity (Wildman–Crippen MR) is 332 cm³/mol. The molecule has 0 aromatic heterocycles. The molecule has 0 aliphatic heterocycles. The second-order valence-corrected chi connectivity index (χ2v) is 23.8. The lowest BCUT2D eigenvalue weighted by atomic mass is 10.0. The number of rotatable bonds is 58. The number of carbonyl (C=O) groups excluding carboxylic acids is 2. The van der Waals surface area contributed by atoms with Crippen LogP contribution in [0.1, 0.15) is 271 Å². The highest BCUT2D eigenvalue weighted by atomic mass is 31.2. The summed E-state index contributed by atoms with van der Waals surface area (Å²) in [7, 11) is 1.16. The molecule has 0 heterocycles. The third-order valence-electron chi connectivity index (χ3n) is 13.6. The van der Waals surface area contributed by atoms with Crippen molar-refractivity contribution >= 4 is 19.8 Å². The van der Waals surface area contributed by atoms with Crippen LogP contribution < -0.4 is 4.89 Å². The molecular weight excluding hydrogens is 990 g/mol. The number of allylic oxidation sites excluding steroid dienone is 16. The molecule has 0 spiro atoms. The summed E-state index contributed by atoms with van der Waals surface area (Å²) in [6.07, 6.45) is 80.3. The molecule has 2 unspecified atom stereocenters. The van der Waals surface area contributed by atoms with Crippen molar-refractivity contribution in [2.24, 2.45) is 0 Å². The highest BCUT2D eigenvalue weighted by molar-refractivity contribution is 7.45. The summed E-state index contributed by atoms with van der Waals surface area (Å²) < 4.78 is 34.2. The maximum Gasteiger partial charge on any atom is 0.306 e. The summed E-state index contributed by atoms with van der Waals surface area (Å²) in [6.45, 7) is 4.13. The molecule has 0 bridgehead atoms. The number of esters is 2. The van der Waals surface area contributed by atoms with Gasteiger partial charge in [-0.25, -0.2) is 0 Å². The number of nitrogens with zero attached hydrogens (tertiary/aromatic N) is 1. The number of likely N-dealkylation sites (N-methyl/N-ethyl adjacent to an activating group) is 1. The van der Waals surface area contributed by atoms with Crippen molar-refractivity contribution in [2.45, 2.75) is 277 Å². The van der Waals surface area contributed by atoms with E-state index in [9.17, 15) is 19.0 Å². The molecule has 0 aromatic carbocycles. The minimum Gasteiger partial charge on any atom is -0.756 e. The number of phosphoric acid groups is 1. The molecule has 0 saturated heterocycles. The van der Waals surface area contributed by atoms with Gasteiger partial charge in [0, 0.05) is 12.8 Å². The monoisotopic (exact) mass is 1110 g/mol. The quantitative estimate of drug-likeness (QED) is 0.0195. The molecule has 0 radical (unpaired) electrons. The molecule has 450 valence electrons. The summed E-state index contributed by atoms with van der Waals surface area (Å²) in [5.41, 5.74) is 0. The molecule has 2 atom stereocenters. The Bertz CT molecular complexity index is 1640. The highest BCUT2D eigenvalue weighted by Crippen LogP contribution is 2.38. The van der Waals surface area contributed by atoms with E-state index in [4.69, 9.17) is 18.5 Å². The largest absolute Gasteiger partial charge is 0.756 e. The van der Waals surface area contributed by atoms with Crippen LogP contribution in [0.5, 0.6) is 0 Å². The molecule has 0 fully saturated rings. The van der Waals surface area contributed by atoms with Crippen LogP contribution in [0.25, 0.3) is 0 Å². The molecule has 0 saturated carbocycles. The average Bonchev–Trinajstić information content (AvgIpc) is 3.41. The fourth-order valence-electron chi connectivity index (χ4n) is 8.69. The van der Waals surface area contributed by atoms with E-state index in [-0.39, 0.29) is 32.0 Å². The van der Waals surface area contributed by atoms with Gasteiger partial charge in [0.05, 0.1) is 27.7 Å². The zero-order valence-corrected chi connectivity index (χ0v) is 52.0. The Morgan fingerprint density at radius 1 is 0.410 bits per heavy atom. The summed E-state index contributed by atoms with van der Waals surface area (Å²) in [5, 5.41) is 0. The topological polar surface area (TPSA) is 111 Å². The molecular formula is C68H120NO8P. The van der Waals surface area contributed by atoms with Crippen LogP contribution in [0.2, 0.25) is 0 Å². The van der Waals surface area contributed by atoms with Gasteiger partial charge >= 0.3 is 11.9 Å². The standard InChI is InChI=1S/C68H120NO8P/c1-6-8-10-12-14-16-18-20-22-24-26-28-29-30-31-32-33-34-35-36-37-38-39-41-43-45-47-49-51-53-55-57-59-61-68(71)77-66(65-76-78(72,73)75-63-62-69(3,4)5)64-74-67(70)60-58-56-54-52-50-48-46-44-42-40-27-25-23-21-19-17-15-13-11-9-7-2/h8,10,14,16,19-22,25-28,30-31,33-34,66H,6-7,9,11-13,15,17-18,23-24,29,32,35-65H2,1-5H3/b10-8-,16-14-,21-19-,22-20-,27-25-,28-26-,31-30-,34-33-. The Morgan fingerprint density at radius 3 is 1.09 bits per heavy atom. The van der Waals surface area contributed by atoms with E-state index in [0.717, 1.165) is 89.9 Å². The van der Waals surface area contributed by atoms with Gasteiger partial charge in [-0.3, -0.25) is 14.2 Å². The smallest absolute Gasteiger partial charge is 0.306 e. The minimum absolute atomic E-state index is 0.0346. The molecule has 9 nitrogen and oxygen atoms in total. The fourth-order valence-corrected chi connectivity index (χ4v) is 9.42. The summed E-state index contributed by atoms with van der Waals surface area (Å²) in [4.78, 5) is 38.0. The molecule has 0 N–H and O–H groups in total. The first-order chi connectivity index (χ1) is 38.0. The summed E-state index contributed by atoms with van der Waals surface area (Å²) in [6, 6.07) is 0. The number of hydrogen-bond acceptors (Lipinski definition) is 8. The second kappa shape index (κ2) is 58.6. The number of carbonyl (C=O) groups is 2. The van der Waals surface area contributed by atoms with E-state index in [1.807, 2.05) is 21.1 Å². The minimum atomic E-state index is -4.64. The number of ether oxygens (including phenoxy) is 2. The van der Waals surface area contributed by atoms with Gasteiger partial charge in [0.1, 0.15) is 19.8 Å². The van der Waals surface area contributed by atoms with Gasteiger partial charge < -0.3 is 27.9 Å². The van der Waals surface area contributed by atoms with Crippen molar-refractivity contribution in [1.29, 1.82) is 0 Å². The van der Waals surface area contributed by atoms with Crippen LogP contribution in [-0.2, 0) is 32.7 Å². The lowest BCUT2D eigenvalue weighted by molar-refractivity contribution is -0.870. The number of quaternary nitrogens is 1. The van der Waals surface area contributed by atoms with E-state index in [2.05, 4.69) is 111 Å². The van der Waals surface area contributed by atoms with Crippen molar-refractivity contribution < 1.29 is 42.1 Å². The first-order valence-corrected chi connectivity index (χ1v) is 33.4. The van der Waals surface area contributed by atoms with Crippen LogP contribution in [0.3, 0.4) is 0 Å². The normalized spacial score (nSPS) is 13.9. The van der Waals surface area contributed by atoms with E-state index in [0.29, 0.717) is 17.4 Å². The summed E-state index contributed by atoms with van der Waals surface area (Å²) in [5.74, 6) is -0.836. The Labute approximate surface area is 481 Å². The Hall–Kier alpha value is -3.07. The molecule has 0 rings (SSSR count). The van der Waals surface area contributed by atoms with E-state index < -0.39 is 26.5 Å². The second-order valence-electron chi connectivity index (χ2n) is 22.4. The lowest BCUT2D eigenvalue weighted by Crippen LogP contribution is -2.37. The summed E-state index contributed by atoms with van der Waals surface area (Å²) >= 11 is 0. The third kappa shape index (κ3) is 62.1. The molecule has 78 heavy (non-hydrogen) atoms. The zero-order chi connectivity index (χ0) is 57.0. The van der Waals surface area contributed by atoms with Crippen molar-refractivity contribution in [3.8, 4) is 0 Å². The first kappa shape index (κ1) is 74.9. The Morgan fingerprint density at radius 2 is 0.731 bits per heavy atom. The maximum atomic E-state index is 12.8. The molecule has 0 aliphatic rings. The van der Waals surface area contributed by atoms with Gasteiger partial charge in [-0.1, -0.05) is 259 Å². The van der Waals surface area contributed by atoms with Gasteiger partial charge in [0.25, 0.3) is 7.82 Å². The van der Waals surface area contributed by atoms with E-state index in [1.165, 1.54) is 148 Å². The fraction of sp³-hybridized carbons (Fsp3) is 0.735. The van der Waals surface area contributed by atoms with Crippen LogP contribution in [-0.4, -0.2) is 70.0 Å². The van der Waals surface area contributed by atoms with Crippen molar-refractivity contribution in [3.05, 3.63) is 97.2 Å². The average molecular weight is 1110 g/mol. The predicted octanol–water partition coefficient (Wildman–Crippen LogP) is 19.7. The Balaban J connectivity index is 4.10. The van der Waals surface area contributed by atoms with Crippen LogP contribution >= 0.6 is 7.82 Å². The highest BCUT2D eigenvalue weighted by Gasteiger charge is 2.22. The van der Waals surface area contributed by atoms with Crippen molar-refractivity contribution in [2.75, 3.05) is 47.5 Å². The third-order valence-corrected chi connectivity index (χ3v) is 14.6. The first-order valence-electron chi connectivity index (χ1n) is 31.9. The molecule has 0 aromatic rings. The SMILES string of the molecule is CC/C=C\C/C=C\C/C=C\C/C=C\C/C=C\C/C=C\CCCCCCCCCCCCCCCCC(=O)OC(COC(=O)CCCCCCCCCCC/C=C\C/C=C\CCCCCCC)COP(=O)([O-])OCC[N+](C)(C)C. The van der Waals surface area contributed by atoms with Gasteiger partial charge in [-0.15, -0.1) is 0 Å². The Kier molecular flexibility index (Phi) is 56.3. The van der Waals surface area contributed by atoms with Gasteiger partial charge in [0.15, 0.2) is 6.10 Å². The zero-order valence-electron chi connectivity index (χ0n) is 51.1. The maximum absolute atomic E-state index is 12.8. The van der Waals surface area contributed by atoms with E-state index in [1.54, 1.807) is 0 Å². The van der Waals surface area contributed by atoms with Gasteiger partial charge in [0.2, 0.25) is 0 Å². The molecule has 0 aliphatic carbocycles. The van der Waals surface area contributed by atoms with Gasteiger partial charge in [-0.2, -0.15) is 0 Å². The number of hydrogen-bond donors (Lipinski definition) is 0. The number of phosphoric ester groups is 1. The van der Waals surface area contributed by atoms with Crippen LogP contribution in [0, 0.1) is 0 Å². The van der Waals surface area contributed by atoms with Crippen molar-refractivity contribution in [1.82, 2.24) is 0 Å². The molecule has 0 amide bonds. The van der Waals surface area contributed by atoms with Gasteiger partial charge in [-0.05, 0) is 96.3 Å². The van der Waals surface area contributed by atoms with Crippen LogP contribution in [0.4, 0.5) is 0 Å². The van der Waals surface area contributed by atoms with E-state index >= 15 is 0 Å². The van der Waals surface area contributed by atoms with Crippen molar-refractivity contribution in [3.63, 3.8) is 0 Å².